The lowest BCUT2D eigenvalue weighted by atomic mass is 10.4. The Hall–Kier alpha value is 0.154. The van der Waals surface area contributed by atoms with Gasteiger partial charge >= 0.3 is 0 Å². The summed E-state index contributed by atoms with van der Waals surface area (Å²) in [7, 11) is -0.494. The quantitative estimate of drug-likeness (QED) is 0.223. The highest BCUT2D eigenvalue weighted by Crippen LogP contribution is 2.24. The van der Waals surface area contributed by atoms with Gasteiger partial charge in [-0.05, 0) is 65.0 Å². The molecule has 0 saturated carbocycles. The van der Waals surface area contributed by atoms with Crippen LogP contribution in [0.4, 0.5) is 0 Å². The van der Waals surface area contributed by atoms with Crippen molar-refractivity contribution in [2.75, 3.05) is 27.4 Å². The van der Waals surface area contributed by atoms with E-state index in [0.29, 0.717) is 13.2 Å². The standard InChI is InChI=1S/C18H42O7Si2/c1-15(19)17(21-3)23-11-9-13-26(5,6)25-27(7,8)14-10-12-24-18(22-4)16(2)20/h15-20H,9-14H2,1-8H3. The van der Waals surface area contributed by atoms with E-state index in [-0.39, 0.29) is 0 Å². The zero-order valence-electron chi connectivity index (χ0n) is 18.5. The molecule has 0 aliphatic heterocycles. The summed E-state index contributed by atoms with van der Waals surface area (Å²) in [5, 5.41) is 19.0. The average Bonchev–Trinajstić information content (AvgIpc) is 2.52. The van der Waals surface area contributed by atoms with Gasteiger partial charge in [-0.1, -0.05) is 0 Å². The predicted molar refractivity (Wildman–Crippen MR) is 112 cm³/mol. The first kappa shape index (κ1) is 27.2. The first-order valence-electron chi connectivity index (χ1n) is 9.79. The van der Waals surface area contributed by atoms with Gasteiger partial charge in [-0.25, -0.2) is 0 Å². The van der Waals surface area contributed by atoms with Gasteiger partial charge in [-0.3, -0.25) is 0 Å². The molecule has 0 amide bonds. The van der Waals surface area contributed by atoms with Gasteiger partial charge in [0.15, 0.2) is 29.2 Å². The van der Waals surface area contributed by atoms with E-state index in [0.717, 1.165) is 24.9 Å². The van der Waals surface area contributed by atoms with Gasteiger partial charge in [0, 0.05) is 27.4 Å². The minimum Gasteiger partial charge on any atom is -0.455 e. The minimum atomic E-state index is -1.78. The zero-order chi connectivity index (χ0) is 21.1. The SMILES string of the molecule is COC(OCCC[Si](C)(C)O[Si](C)(C)CCCOC(OC)C(C)O)C(C)O. The van der Waals surface area contributed by atoms with E-state index in [4.69, 9.17) is 23.1 Å². The van der Waals surface area contributed by atoms with Gasteiger partial charge in [0.25, 0.3) is 0 Å². The molecular formula is C18H42O7Si2. The minimum absolute atomic E-state index is 0.552. The molecule has 0 aromatic heterocycles. The summed E-state index contributed by atoms with van der Waals surface area (Å²) < 4.78 is 27.9. The summed E-state index contributed by atoms with van der Waals surface area (Å²) in [5.74, 6) is 0. The van der Waals surface area contributed by atoms with E-state index in [1.807, 2.05) is 0 Å². The number of aliphatic hydroxyl groups is 2. The molecular weight excluding hydrogens is 384 g/mol. The molecule has 164 valence electrons. The molecule has 0 heterocycles. The summed E-state index contributed by atoms with van der Waals surface area (Å²) in [6, 6.07) is 2.01. The smallest absolute Gasteiger partial charge is 0.182 e. The van der Waals surface area contributed by atoms with Gasteiger partial charge in [-0.2, -0.15) is 0 Å². The van der Waals surface area contributed by atoms with Crippen molar-refractivity contribution in [3.8, 4) is 0 Å². The molecule has 7 nitrogen and oxygen atoms in total. The molecule has 2 N–H and O–H groups in total. The third-order valence-electron chi connectivity index (χ3n) is 4.22. The maximum atomic E-state index is 9.51. The Balaban J connectivity index is 4.17. The molecule has 0 bridgehead atoms. The molecule has 0 aliphatic rings. The van der Waals surface area contributed by atoms with Crippen molar-refractivity contribution in [3.05, 3.63) is 0 Å². The van der Waals surface area contributed by atoms with Crippen LogP contribution in [0.5, 0.6) is 0 Å². The fourth-order valence-corrected chi connectivity index (χ4v) is 11.8. The summed E-state index contributed by atoms with van der Waals surface area (Å²) in [6.45, 7) is 13.4. The van der Waals surface area contributed by atoms with Crippen LogP contribution in [0.2, 0.25) is 38.3 Å². The summed E-state index contributed by atoms with van der Waals surface area (Å²) in [5.41, 5.74) is 0. The fraction of sp³-hybridized carbons (Fsp3) is 1.00. The number of methoxy groups -OCH3 is 2. The molecule has 4 unspecified atom stereocenters. The lowest BCUT2D eigenvalue weighted by Gasteiger charge is -2.34. The largest absolute Gasteiger partial charge is 0.455 e. The monoisotopic (exact) mass is 426 g/mol. The van der Waals surface area contributed by atoms with Crippen molar-refractivity contribution in [3.63, 3.8) is 0 Å². The molecule has 0 aliphatic carbocycles. The van der Waals surface area contributed by atoms with E-state index in [9.17, 15) is 10.2 Å². The maximum Gasteiger partial charge on any atom is 0.182 e. The first-order chi connectivity index (χ1) is 12.4. The number of hydrogen-bond acceptors (Lipinski definition) is 7. The fourth-order valence-electron chi connectivity index (χ4n) is 3.05. The highest BCUT2D eigenvalue weighted by molar-refractivity contribution is 6.84. The van der Waals surface area contributed by atoms with Crippen molar-refractivity contribution in [1.82, 2.24) is 0 Å². The molecule has 0 rings (SSSR count). The van der Waals surface area contributed by atoms with Crippen molar-refractivity contribution in [1.29, 1.82) is 0 Å². The second-order valence-corrected chi connectivity index (χ2v) is 17.1. The topological polar surface area (TPSA) is 86.6 Å². The molecule has 0 saturated heterocycles. The second-order valence-electron chi connectivity index (χ2n) is 8.26. The molecule has 27 heavy (non-hydrogen) atoms. The Morgan fingerprint density at radius 3 is 1.30 bits per heavy atom. The molecule has 0 radical (unpaired) electrons. The molecule has 0 spiro atoms. The van der Waals surface area contributed by atoms with Gasteiger partial charge in [0.05, 0.1) is 0 Å². The van der Waals surface area contributed by atoms with Crippen molar-refractivity contribution in [2.45, 2.75) is 89.8 Å². The van der Waals surface area contributed by atoms with Crippen molar-refractivity contribution >= 4 is 16.6 Å². The number of aliphatic hydroxyl groups excluding tert-OH is 2. The van der Waals surface area contributed by atoms with Crippen molar-refractivity contribution < 1.29 is 33.3 Å². The lowest BCUT2D eigenvalue weighted by Crippen LogP contribution is -2.44. The molecule has 4 atom stereocenters. The van der Waals surface area contributed by atoms with Crippen LogP contribution < -0.4 is 0 Å². The molecule has 0 aromatic rings. The van der Waals surface area contributed by atoms with Crippen molar-refractivity contribution in [2.24, 2.45) is 0 Å². The molecule has 9 heteroatoms. The van der Waals surface area contributed by atoms with Crippen LogP contribution in [0, 0.1) is 0 Å². The maximum absolute atomic E-state index is 9.51. The Bertz CT molecular complexity index is 345. The molecule has 0 fully saturated rings. The van der Waals surface area contributed by atoms with Crippen LogP contribution >= 0.6 is 0 Å². The summed E-state index contributed by atoms with van der Waals surface area (Å²) >= 11 is 0. The van der Waals surface area contributed by atoms with Crippen LogP contribution in [0.3, 0.4) is 0 Å². The highest BCUT2D eigenvalue weighted by atomic mass is 28.4. The molecule has 0 aromatic carbocycles. The Morgan fingerprint density at radius 2 is 1.04 bits per heavy atom. The Morgan fingerprint density at radius 1 is 0.704 bits per heavy atom. The van der Waals surface area contributed by atoms with Crippen LogP contribution in [0.15, 0.2) is 0 Å². The van der Waals surface area contributed by atoms with Gasteiger partial charge in [0.2, 0.25) is 0 Å². The van der Waals surface area contributed by atoms with Gasteiger partial charge in [-0.15, -0.1) is 0 Å². The van der Waals surface area contributed by atoms with E-state index in [2.05, 4.69) is 26.2 Å². The van der Waals surface area contributed by atoms with Crippen LogP contribution in [-0.2, 0) is 23.1 Å². The van der Waals surface area contributed by atoms with Crippen LogP contribution in [-0.4, -0.2) is 79.1 Å². The number of ether oxygens (including phenoxy) is 4. The second kappa shape index (κ2) is 13.4. The predicted octanol–water partition coefficient (Wildman–Crippen LogP) is 2.93. The summed E-state index contributed by atoms with van der Waals surface area (Å²) in [4.78, 5) is 0. The zero-order valence-corrected chi connectivity index (χ0v) is 20.5. The Labute approximate surface area is 167 Å². The number of hydrogen-bond donors (Lipinski definition) is 2. The van der Waals surface area contributed by atoms with Gasteiger partial charge < -0.3 is 33.3 Å². The normalized spacial score (nSPS) is 17.6. The average molecular weight is 427 g/mol. The highest BCUT2D eigenvalue weighted by Gasteiger charge is 2.32. The Kier molecular flexibility index (Phi) is 13.5. The first-order valence-corrected chi connectivity index (χ1v) is 16.0. The third-order valence-corrected chi connectivity index (χ3v) is 11.8. The van der Waals surface area contributed by atoms with Gasteiger partial charge in [0.1, 0.15) is 12.2 Å². The lowest BCUT2D eigenvalue weighted by molar-refractivity contribution is -0.174. The van der Waals surface area contributed by atoms with E-state index >= 15 is 0 Å². The van der Waals surface area contributed by atoms with E-state index in [1.165, 1.54) is 14.2 Å². The van der Waals surface area contributed by atoms with Crippen LogP contribution in [0.1, 0.15) is 26.7 Å². The third kappa shape index (κ3) is 13.1. The summed E-state index contributed by atoms with van der Waals surface area (Å²) in [6.07, 6.45) is -0.640. The van der Waals surface area contributed by atoms with Crippen LogP contribution in [0.25, 0.3) is 0 Å². The number of rotatable bonds is 16. The van der Waals surface area contributed by atoms with E-state index < -0.39 is 41.4 Å². The van der Waals surface area contributed by atoms with E-state index in [1.54, 1.807) is 13.8 Å².